The highest BCUT2D eigenvalue weighted by Gasteiger charge is 1.83. The van der Waals surface area contributed by atoms with E-state index in [1.54, 1.807) is 0 Å². The first-order chi connectivity index (χ1) is 5.22. The van der Waals surface area contributed by atoms with Crippen LogP contribution >= 0.6 is 11.6 Å². The van der Waals surface area contributed by atoms with Crippen LogP contribution in [-0.4, -0.2) is 5.88 Å². The van der Waals surface area contributed by atoms with E-state index in [9.17, 15) is 0 Å². The molecule has 1 aromatic rings. The van der Waals surface area contributed by atoms with Gasteiger partial charge in [0.15, 0.2) is 0 Å². The third kappa shape index (κ3) is 4.86. The number of halogens is 1. The van der Waals surface area contributed by atoms with Crippen LogP contribution in [0.3, 0.4) is 0 Å². The molecule has 1 heteroatoms. The van der Waals surface area contributed by atoms with Gasteiger partial charge in [-0.15, -0.1) is 11.6 Å². The minimum absolute atomic E-state index is 0.722. The predicted octanol–water partition coefficient (Wildman–Crippen LogP) is 3.55. The summed E-state index contributed by atoms with van der Waals surface area (Å²) in [4.78, 5) is 0. The minimum atomic E-state index is 0.722. The summed E-state index contributed by atoms with van der Waals surface area (Å²) in [7, 11) is 0. The van der Waals surface area contributed by atoms with Gasteiger partial charge in [0.2, 0.25) is 0 Å². The van der Waals surface area contributed by atoms with Crippen LogP contribution < -0.4 is 0 Å². The van der Waals surface area contributed by atoms with E-state index >= 15 is 0 Å². The molecule has 0 heterocycles. The maximum absolute atomic E-state index is 5.00. The number of benzene rings is 1. The Morgan fingerprint density at radius 2 is 1.36 bits per heavy atom. The zero-order valence-corrected chi connectivity index (χ0v) is 8.15. The molecule has 0 aliphatic carbocycles. The van der Waals surface area contributed by atoms with Crippen LogP contribution in [0.1, 0.15) is 18.1 Å². The summed E-state index contributed by atoms with van der Waals surface area (Å²) in [5, 5.41) is 0. The average molecular weight is 171 g/mol. The van der Waals surface area contributed by atoms with Gasteiger partial charge in [0.1, 0.15) is 0 Å². The van der Waals surface area contributed by atoms with E-state index in [4.69, 9.17) is 11.6 Å². The predicted molar refractivity (Wildman–Crippen MR) is 52.3 cm³/mol. The van der Waals surface area contributed by atoms with Crippen molar-refractivity contribution in [2.45, 2.75) is 20.8 Å². The molecule has 0 radical (unpaired) electrons. The summed E-state index contributed by atoms with van der Waals surface area (Å²) in [6, 6.07) is 8.36. The van der Waals surface area contributed by atoms with Crippen molar-refractivity contribution < 1.29 is 0 Å². The molecule has 1 aromatic carbocycles. The van der Waals surface area contributed by atoms with Crippen molar-refractivity contribution in [3.05, 3.63) is 35.4 Å². The van der Waals surface area contributed by atoms with Crippen LogP contribution in [0, 0.1) is 13.8 Å². The minimum Gasteiger partial charge on any atom is -0.127 e. The smallest absolute Gasteiger partial charge is 0.0195 e. The fourth-order valence-electron chi connectivity index (χ4n) is 0.663. The molecule has 0 unspecified atom stereocenters. The number of hydrogen-bond donors (Lipinski definition) is 0. The standard InChI is InChI=1S/C8H10.C2H5Cl/c1-7-5-3-4-6-8(7)2;1-2-3/h3-6H,1-2H3;2H2,1H3. The van der Waals surface area contributed by atoms with Crippen molar-refractivity contribution >= 4 is 11.6 Å². The third-order valence-corrected chi connectivity index (χ3v) is 1.43. The molecule has 0 bridgehead atoms. The molecule has 0 aliphatic heterocycles. The van der Waals surface area contributed by atoms with Crippen LogP contribution in [0.25, 0.3) is 0 Å². The Morgan fingerprint density at radius 3 is 1.55 bits per heavy atom. The van der Waals surface area contributed by atoms with E-state index in [2.05, 4.69) is 38.1 Å². The molecule has 0 aromatic heterocycles. The Labute approximate surface area is 74.2 Å². The first-order valence-corrected chi connectivity index (χ1v) is 4.34. The van der Waals surface area contributed by atoms with Crippen molar-refractivity contribution in [2.24, 2.45) is 0 Å². The molecule has 0 aliphatic rings. The second-order valence-corrected chi connectivity index (χ2v) is 2.89. The first-order valence-electron chi connectivity index (χ1n) is 3.80. The Kier molecular flexibility index (Phi) is 5.96. The summed E-state index contributed by atoms with van der Waals surface area (Å²) in [5.74, 6) is 0.722. The molecular weight excluding hydrogens is 156 g/mol. The molecule has 0 fully saturated rings. The van der Waals surface area contributed by atoms with Gasteiger partial charge in [-0.1, -0.05) is 31.2 Å². The topological polar surface area (TPSA) is 0 Å². The van der Waals surface area contributed by atoms with Gasteiger partial charge >= 0.3 is 0 Å². The highest BCUT2D eigenvalue weighted by molar-refractivity contribution is 6.17. The summed E-state index contributed by atoms with van der Waals surface area (Å²) in [6.07, 6.45) is 0. The zero-order chi connectivity index (χ0) is 8.69. The van der Waals surface area contributed by atoms with Gasteiger partial charge in [-0.25, -0.2) is 0 Å². The monoisotopic (exact) mass is 170 g/mol. The highest BCUT2D eigenvalue weighted by Crippen LogP contribution is 2.02. The molecular formula is C10H15Cl. The van der Waals surface area contributed by atoms with Crippen molar-refractivity contribution in [1.29, 1.82) is 0 Å². The van der Waals surface area contributed by atoms with Crippen molar-refractivity contribution in [1.82, 2.24) is 0 Å². The molecule has 0 amide bonds. The number of alkyl halides is 1. The average Bonchev–Trinajstić information content (AvgIpc) is 1.97. The Hall–Kier alpha value is -0.490. The number of rotatable bonds is 0. The van der Waals surface area contributed by atoms with Gasteiger partial charge in [-0.2, -0.15) is 0 Å². The largest absolute Gasteiger partial charge is 0.127 e. The maximum Gasteiger partial charge on any atom is 0.0195 e. The Bertz CT molecular complexity index is 173. The van der Waals surface area contributed by atoms with Crippen molar-refractivity contribution in [2.75, 3.05) is 5.88 Å². The van der Waals surface area contributed by atoms with E-state index < -0.39 is 0 Å². The molecule has 0 atom stereocenters. The Balaban J connectivity index is 0.000000292. The van der Waals surface area contributed by atoms with E-state index in [0.29, 0.717) is 0 Å². The molecule has 0 nitrogen and oxygen atoms in total. The lowest BCUT2D eigenvalue weighted by Gasteiger charge is -1.93. The molecule has 0 saturated heterocycles. The SMILES string of the molecule is CCCl.Cc1ccccc1C. The lowest BCUT2D eigenvalue weighted by atomic mass is 10.1. The molecule has 11 heavy (non-hydrogen) atoms. The van der Waals surface area contributed by atoms with Crippen LogP contribution in [0.5, 0.6) is 0 Å². The summed E-state index contributed by atoms with van der Waals surface area (Å²) >= 11 is 5.00. The van der Waals surface area contributed by atoms with Gasteiger partial charge in [-0.05, 0) is 25.0 Å². The molecule has 0 saturated carbocycles. The van der Waals surface area contributed by atoms with Gasteiger partial charge in [0, 0.05) is 5.88 Å². The molecule has 1 rings (SSSR count). The van der Waals surface area contributed by atoms with E-state index in [-0.39, 0.29) is 0 Å². The highest BCUT2D eigenvalue weighted by atomic mass is 35.5. The second-order valence-electron chi connectivity index (χ2n) is 2.35. The summed E-state index contributed by atoms with van der Waals surface area (Å²) in [6.45, 7) is 6.13. The van der Waals surface area contributed by atoms with Gasteiger partial charge in [0.25, 0.3) is 0 Å². The van der Waals surface area contributed by atoms with Crippen molar-refractivity contribution in [3.8, 4) is 0 Å². The van der Waals surface area contributed by atoms with Crippen LogP contribution in [0.15, 0.2) is 24.3 Å². The normalized spacial score (nSPS) is 8.36. The fourth-order valence-corrected chi connectivity index (χ4v) is 0.663. The Morgan fingerprint density at radius 1 is 1.09 bits per heavy atom. The number of aryl methyl sites for hydroxylation is 2. The van der Waals surface area contributed by atoms with E-state index in [1.807, 2.05) is 6.92 Å². The first kappa shape index (κ1) is 10.5. The van der Waals surface area contributed by atoms with Crippen LogP contribution in [-0.2, 0) is 0 Å². The molecule has 62 valence electrons. The quantitative estimate of drug-likeness (QED) is 0.523. The lowest BCUT2D eigenvalue weighted by Crippen LogP contribution is -1.74. The zero-order valence-electron chi connectivity index (χ0n) is 7.39. The van der Waals surface area contributed by atoms with E-state index in [1.165, 1.54) is 11.1 Å². The molecule has 0 spiro atoms. The number of hydrogen-bond acceptors (Lipinski definition) is 0. The van der Waals surface area contributed by atoms with Crippen LogP contribution in [0.4, 0.5) is 0 Å². The fraction of sp³-hybridized carbons (Fsp3) is 0.400. The van der Waals surface area contributed by atoms with E-state index in [0.717, 1.165) is 5.88 Å². The summed E-state index contributed by atoms with van der Waals surface area (Å²) in [5.41, 5.74) is 2.74. The van der Waals surface area contributed by atoms with Crippen LogP contribution in [0.2, 0.25) is 0 Å². The van der Waals surface area contributed by atoms with Gasteiger partial charge < -0.3 is 0 Å². The molecule has 0 N–H and O–H groups in total. The lowest BCUT2D eigenvalue weighted by molar-refractivity contribution is 1.34. The second kappa shape index (κ2) is 6.23. The maximum atomic E-state index is 5.00. The summed E-state index contributed by atoms with van der Waals surface area (Å²) < 4.78 is 0. The third-order valence-electron chi connectivity index (χ3n) is 1.43. The van der Waals surface area contributed by atoms with Gasteiger partial charge in [0.05, 0.1) is 0 Å². The van der Waals surface area contributed by atoms with Crippen molar-refractivity contribution in [3.63, 3.8) is 0 Å². The van der Waals surface area contributed by atoms with Gasteiger partial charge in [-0.3, -0.25) is 0 Å².